The van der Waals surface area contributed by atoms with Crippen LogP contribution in [-0.2, 0) is 22.6 Å². The number of hydrogen-bond acceptors (Lipinski definition) is 7. The molecular formula is C40H45N3O7. The summed E-state index contributed by atoms with van der Waals surface area (Å²) in [5, 5.41) is 12.3. The number of hydrogen-bond donors (Lipinski definition) is 2. The number of nitrogens with zero attached hydrogens (tertiary/aromatic N) is 2. The summed E-state index contributed by atoms with van der Waals surface area (Å²) in [6.07, 6.45) is 5.96. The van der Waals surface area contributed by atoms with Crippen LogP contribution < -0.4 is 19.7 Å². The topological polar surface area (TPSA) is 125 Å². The van der Waals surface area contributed by atoms with Crippen LogP contribution in [0.5, 0.6) is 11.5 Å². The maximum atomic E-state index is 13.3. The zero-order valence-electron chi connectivity index (χ0n) is 28.9. The first-order valence-electron chi connectivity index (χ1n) is 16.8. The number of carboxylic acid groups (broad SMARTS) is 1. The smallest absolute Gasteiger partial charge is 0.343 e. The van der Waals surface area contributed by atoms with E-state index in [1.165, 1.54) is 24.2 Å². The molecule has 4 aromatic carbocycles. The van der Waals surface area contributed by atoms with Crippen molar-refractivity contribution in [1.29, 1.82) is 0 Å². The molecule has 10 heteroatoms. The zero-order chi connectivity index (χ0) is 35.9. The Morgan fingerprint density at radius 3 is 1.92 bits per heavy atom. The van der Waals surface area contributed by atoms with Crippen LogP contribution in [0.4, 0.5) is 11.4 Å². The van der Waals surface area contributed by atoms with Crippen LogP contribution >= 0.6 is 0 Å². The van der Waals surface area contributed by atoms with E-state index in [2.05, 4.69) is 12.2 Å². The molecule has 0 bridgehead atoms. The van der Waals surface area contributed by atoms with Crippen LogP contribution in [0.25, 0.3) is 0 Å². The van der Waals surface area contributed by atoms with Crippen LogP contribution in [0.1, 0.15) is 70.9 Å². The highest BCUT2D eigenvalue weighted by Gasteiger charge is 2.20. The number of carboxylic acids is 1. The Balaban J connectivity index is 1.29. The third-order valence-electron chi connectivity index (χ3n) is 7.96. The standard InChI is InChI=1S/C40H45N3O7/c1-4-5-6-7-8-25-49-35-23-15-32(16-24-35)40(48)50-36-21-11-30(12-22-36)27-43(28-38(45)46)39(47)31-13-17-33(18-14-31)41-37(44)26-29-9-19-34(20-10-29)42(2)3/h9-24H,4-8,25-28H2,1-3H3,(H,41,44)(H,45,46). The minimum absolute atomic E-state index is 0.0184. The first-order valence-corrected chi connectivity index (χ1v) is 16.8. The molecule has 0 fully saturated rings. The van der Waals surface area contributed by atoms with E-state index in [1.54, 1.807) is 72.8 Å². The maximum Gasteiger partial charge on any atom is 0.343 e. The van der Waals surface area contributed by atoms with Gasteiger partial charge in [-0.2, -0.15) is 0 Å². The number of anilines is 2. The molecule has 4 aromatic rings. The molecule has 262 valence electrons. The molecule has 0 unspecified atom stereocenters. The van der Waals surface area contributed by atoms with E-state index in [-0.39, 0.29) is 24.4 Å². The van der Waals surface area contributed by atoms with E-state index in [9.17, 15) is 24.3 Å². The summed E-state index contributed by atoms with van der Waals surface area (Å²) >= 11 is 0. The Bertz CT molecular complexity index is 1700. The molecule has 50 heavy (non-hydrogen) atoms. The molecule has 4 rings (SSSR count). The number of nitrogens with one attached hydrogen (secondary N) is 1. The summed E-state index contributed by atoms with van der Waals surface area (Å²) in [6.45, 7) is 2.32. The molecule has 0 heterocycles. The zero-order valence-corrected chi connectivity index (χ0v) is 28.9. The van der Waals surface area contributed by atoms with Crippen molar-refractivity contribution in [3.05, 3.63) is 119 Å². The van der Waals surface area contributed by atoms with E-state index >= 15 is 0 Å². The molecule has 0 radical (unpaired) electrons. The Morgan fingerprint density at radius 2 is 1.30 bits per heavy atom. The lowest BCUT2D eigenvalue weighted by Crippen LogP contribution is -2.35. The molecular weight excluding hydrogens is 634 g/mol. The predicted octanol–water partition coefficient (Wildman–Crippen LogP) is 7.23. The third kappa shape index (κ3) is 11.8. The van der Waals surface area contributed by atoms with Gasteiger partial charge in [-0.25, -0.2) is 4.79 Å². The van der Waals surface area contributed by atoms with Gasteiger partial charge in [0.05, 0.1) is 18.6 Å². The predicted molar refractivity (Wildman–Crippen MR) is 194 cm³/mol. The summed E-state index contributed by atoms with van der Waals surface area (Å²) < 4.78 is 11.3. The first kappa shape index (κ1) is 37.2. The minimum atomic E-state index is -1.16. The van der Waals surface area contributed by atoms with Gasteiger partial charge in [-0.1, -0.05) is 56.9 Å². The van der Waals surface area contributed by atoms with Gasteiger partial charge in [-0.15, -0.1) is 0 Å². The van der Waals surface area contributed by atoms with E-state index in [0.717, 1.165) is 24.1 Å². The summed E-state index contributed by atoms with van der Waals surface area (Å²) in [4.78, 5) is 53.5. The molecule has 2 N–H and O–H groups in total. The normalized spacial score (nSPS) is 10.6. The van der Waals surface area contributed by atoms with Crippen molar-refractivity contribution < 1.29 is 33.8 Å². The van der Waals surface area contributed by atoms with Crippen LogP contribution in [0.15, 0.2) is 97.1 Å². The van der Waals surface area contributed by atoms with Gasteiger partial charge in [0, 0.05) is 37.6 Å². The van der Waals surface area contributed by atoms with Crippen molar-refractivity contribution in [2.24, 2.45) is 0 Å². The number of aliphatic carboxylic acids is 1. The van der Waals surface area contributed by atoms with Gasteiger partial charge in [-0.05, 0) is 90.3 Å². The SMILES string of the molecule is CCCCCCCOc1ccc(C(=O)Oc2ccc(CN(CC(=O)O)C(=O)c3ccc(NC(=O)Cc4ccc(N(C)C)cc4)cc3)cc2)cc1. The van der Waals surface area contributed by atoms with E-state index in [1.807, 2.05) is 43.3 Å². The number of esters is 1. The van der Waals surface area contributed by atoms with Gasteiger partial charge in [0.1, 0.15) is 18.0 Å². The summed E-state index contributed by atoms with van der Waals surface area (Å²) in [6, 6.07) is 27.4. The summed E-state index contributed by atoms with van der Waals surface area (Å²) in [5.74, 6) is -1.35. The highest BCUT2D eigenvalue weighted by Crippen LogP contribution is 2.20. The maximum absolute atomic E-state index is 13.3. The summed E-state index contributed by atoms with van der Waals surface area (Å²) in [5.41, 5.74) is 3.73. The quantitative estimate of drug-likeness (QED) is 0.0641. The second kappa shape index (κ2) is 18.8. The fourth-order valence-electron chi connectivity index (χ4n) is 5.18. The molecule has 0 aliphatic carbocycles. The second-order valence-corrected chi connectivity index (χ2v) is 12.2. The van der Waals surface area contributed by atoms with Gasteiger partial charge < -0.3 is 29.7 Å². The molecule has 0 saturated carbocycles. The Kier molecular flexibility index (Phi) is 14.0. The van der Waals surface area contributed by atoms with Gasteiger partial charge in [-0.3, -0.25) is 14.4 Å². The van der Waals surface area contributed by atoms with Crippen LogP contribution in [0, 0.1) is 0 Å². The lowest BCUT2D eigenvalue weighted by Gasteiger charge is -2.21. The molecule has 0 aliphatic rings. The number of unbranched alkanes of at least 4 members (excludes halogenated alkanes) is 4. The number of rotatable bonds is 18. The number of carbonyl (C=O) groups excluding carboxylic acids is 3. The number of ether oxygens (including phenoxy) is 2. The lowest BCUT2D eigenvalue weighted by atomic mass is 10.1. The van der Waals surface area contributed by atoms with Crippen molar-refractivity contribution in [3.63, 3.8) is 0 Å². The largest absolute Gasteiger partial charge is 0.494 e. The van der Waals surface area contributed by atoms with E-state index in [4.69, 9.17) is 9.47 Å². The third-order valence-corrected chi connectivity index (χ3v) is 7.96. The molecule has 10 nitrogen and oxygen atoms in total. The fraction of sp³-hybridized carbons (Fsp3) is 0.300. The number of benzene rings is 4. The first-order chi connectivity index (χ1) is 24.1. The highest BCUT2D eigenvalue weighted by molar-refractivity contribution is 5.97. The van der Waals surface area contributed by atoms with E-state index in [0.29, 0.717) is 34.9 Å². The molecule has 0 aliphatic heterocycles. The average molecular weight is 680 g/mol. The van der Waals surface area contributed by atoms with E-state index < -0.39 is 24.4 Å². The lowest BCUT2D eigenvalue weighted by molar-refractivity contribution is -0.137. The minimum Gasteiger partial charge on any atom is -0.494 e. The molecule has 0 aromatic heterocycles. The van der Waals surface area contributed by atoms with Gasteiger partial charge in [0.25, 0.3) is 5.91 Å². The van der Waals surface area contributed by atoms with Crippen molar-refractivity contribution in [2.45, 2.75) is 52.0 Å². The Labute approximate surface area is 293 Å². The molecule has 0 atom stereocenters. The Morgan fingerprint density at radius 1 is 0.700 bits per heavy atom. The molecule has 0 spiro atoms. The highest BCUT2D eigenvalue weighted by atomic mass is 16.5. The Hall–Kier alpha value is -5.64. The van der Waals surface area contributed by atoms with Crippen molar-refractivity contribution in [2.75, 3.05) is 37.5 Å². The van der Waals surface area contributed by atoms with Gasteiger partial charge >= 0.3 is 11.9 Å². The molecule has 0 saturated heterocycles. The summed E-state index contributed by atoms with van der Waals surface area (Å²) in [7, 11) is 3.90. The second-order valence-electron chi connectivity index (χ2n) is 12.2. The fourth-order valence-corrected chi connectivity index (χ4v) is 5.18. The average Bonchev–Trinajstić information content (AvgIpc) is 3.10. The number of carbonyl (C=O) groups is 4. The van der Waals surface area contributed by atoms with Crippen molar-refractivity contribution >= 4 is 35.1 Å². The van der Waals surface area contributed by atoms with Gasteiger partial charge in [0.15, 0.2) is 0 Å². The number of amides is 2. The van der Waals surface area contributed by atoms with Crippen LogP contribution in [0.3, 0.4) is 0 Å². The van der Waals surface area contributed by atoms with Crippen LogP contribution in [0.2, 0.25) is 0 Å². The monoisotopic (exact) mass is 679 g/mol. The van der Waals surface area contributed by atoms with Gasteiger partial charge in [0.2, 0.25) is 5.91 Å². The van der Waals surface area contributed by atoms with Crippen LogP contribution in [-0.4, -0.2) is 61.0 Å². The van der Waals surface area contributed by atoms with Crippen molar-refractivity contribution in [3.8, 4) is 11.5 Å². The molecule has 2 amide bonds. The van der Waals surface area contributed by atoms with Crippen molar-refractivity contribution in [1.82, 2.24) is 4.90 Å².